The third-order valence-corrected chi connectivity index (χ3v) is 4.06. The number of rotatable bonds is 5. The van der Waals surface area contributed by atoms with Crippen molar-refractivity contribution in [2.45, 2.75) is 19.0 Å². The van der Waals surface area contributed by atoms with E-state index in [1.807, 2.05) is 71.6 Å². The quantitative estimate of drug-likeness (QED) is 0.757. The van der Waals surface area contributed by atoms with Gasteiger partial charge in [-0.2, -0.15) is 0 Å². The highest BCUT2D eigenvalue weighted by molar-refractivity contribution is 5.98. The third kappa shape index (κ3) is 3.55. The third-order valence-electron chi connectivity index (χ3n) is 4.06. The molecule has 0 bridgehead atoms. The van der Waals surface area contributed by atoms with Crippen molar-refractivity contribution in [3.8, 4) is 0 Å². The van der Waals surface area contributed by atoms with Gasteiger partial charge >= 0.3 is 0 Å². The smallest absolute Gasteiger partial charge is 0.248 e. The van der Waals surface area contributed by atoms with Crippen LogP contribution in [0.3, 0.4) is 0 Å². The molecule has 3 N–H and O–H groups in total. The van der Waals surface area contributed by atoms with Crippen molar-refractivity contribution in [1.82, 2.24) is 4.57 Å². The van der Waals surface area contributed by atoms with Crippen LogP contribution in [0.15, 0.2) is 79.1 Å². The van der Waals surface area contributed by atoms with E-state index in [1.165, 1.54) is 5.56 Å². The van der Waals surface area contributed by atoms with Gasteiger partial charge in [0.2, 0.25) is 5.91 Å². The molecule has 24 heavy (non-hydrogen) atoms. The van der Waals surface area contributed by atoms with Crippen LogP contribution in [0.4, 0.5) is 5.69 Å². The predicted octanol–water partition coefficient (Wildman–Crippen LogP) is 3.35. The monoisotopic (exact) mass is 319 g/mol. The molecule has 4 nitrogen and oxygen atoms in total. The molecule has 0 fully saturated rings. The molecule has 1 aromatic heterocycles. The SMILES string of the molecule is CC(N)(C(=O)Nc1ccn(Cc2ccccc2)c1)c1ccccc1. The van der Waals surface area contributed by atoms with E-state index in [0.29, 0.717) is 0 Å². The summed E-state index contributed by atoms with van der Waals surface area (Å²) in [5, 5.41) is 2.90. The van der Waals surface area contributed by atoms with Gasteiger partial charge in [0.25, 0.3) is 0 Å². The molecule has 3 rings (SSSR count). The van der Waals surface area contributed by atoms with Crippen LogP contribution in [0, 0.1) is 0 Å². The number of hydrogen-bond donors (Lipinski definition) is 2. The van der Waals surface area contributed by atoms with Gasteiger partial charge in [-0.15, -0.1) is 0 Å². The van der Waals surface area contributed by atoms with Crippen molar-refractivity contribution < 1.29 is 4.79 Å². The minimum atomic E-state index is -1.08. The van der Waals surface area contributed by atoms with Gasteiger partial charge in [-0.1, -0.05) is 60.7 Å². The minimum Gasteiger partial charge on any atom is -0.348 e. The number of amides is 1. The molecule has 0 spiro atoms. The number of carbonyl (C=O) groups is 1. The van der Waals surface area contributed by atoms with Crippen LogP contribution in [-0.2, 0) is 16.9 Å². The number of nitrogens with zero attached hydrogens (tertiary/aromatic N) is 1. The molecule has 4 heteroatoms. The summed E-state index contributed by atoms with van der Waals surface area (Å²) >= 11 is 0. The fourth-order valence-corrected chi connectivity index (χ4v) is 2.58. The van der Waals surface area contributed by atoms with Crippen LogP contribution < -0.4 is 11.1 Å². The van der Waals surface area contributed by atoms with E-state index in [2.05, 4.69) is 17.4 Å². The summed E-state index contributed by atoms with van der Waals surface area (Å²) in [7, 11) is 0. The number of hydrogen-bond acceptors (Lipinski definition) is 2. The minimum absolute atomic E-state index is 0.230. The van der Waals surface area contributed by atoms with E-state index in [1.54, 1.807) is 6.92 Å². The predicted molar refractivity (Wildman–Crippen MR) is 96.6 cm³/mol. The maximum atomic E-state index is 12.6. The van der Waals surface area contributed by atoms with Crippen LogP contribution in [-0.4, -0.2) is 10.5 Å². The van der Waals surface area contributed by atoms with Gasteiger partial charge in [-0.3, -0.25) is 4.79 Å². The van der Waals surface area contributed by atoms with Crippen LogP contribution in [0.25, 0.3) is 0 Å². The Balaban J connectivity index is 1.69. The van der Waals surface area contributed by atoms with Crippen molar-refractivity contribution in [3.63, 3.8) is 0 Å². The first-order valence-corrected chi connectivity index (χ1v) is 7.91. The van der Waals surface area contributed by atoms with Gasteiger partial charge in [-0.05, 0) is 24.1 Å². The fourth-order valence-electron chi connectivity index (χ4n) is 2.58. The molecular formula is C20H21N3O. The first-order chi connectivity index (χ1) is 11.6. The number of aromatic nitrogens is 1. The molecule has 1 atom stereocenters. The molecular weight excluding hydrogens is 298 g/mol. The highest BCUT2D eigenvalue weighted by Crippen LogP contribution is 2.20. The van der Waals surface area contributed by atoms with Crippen molar-refractivity contribution in [3.05, 3.63) is 90.3 Å². The van der Waals surface area contributed by atoms with Gasteiger partial charge in [-0.25, -0.2) is 0 Å². The fraction of sp³-hybridized carbons (Fsp3) is 0.150. The lowest BCUT2D eigenvalue weighted by Gasteiger charge is -2.23. The largest absolute Gasteiger partial charge is 0.348 e. The summed E-state index contributed by atoms with van der Waals surface area (Å²) in [6, 6.07) is 21.4. The molecule has 122 valence electrons. The van der Waals surface area contributed by atoms with Gasteiger partial charge in [0.1, 0.15) is 5.54 Å². The highest BCUT2D eigenvalue weighted by Gasteiger charge is 2.30. The van der Waals surface area contributed by atoms with Crippen LogP contribution in [0.5, 0.6) is 0 Å². The lowest BCUT2D eigenvalue weighted by atomic mass is 9.92. The Kier molecular flexibility index (Phi) is 4.49. The molecule has 0 saturated carbocycles. The van der Waals surface area contributed by atoms with Crippen LogP contribution in [0.1, 0.15) is 18.1 Å². The second-order valence-corrected chi connectivity index (χ2v) is 6.08. The maximum absolute atomic E-state index is 12.6. The molecule has 1 unspecified atom stereocenters. The van der Waals surface area contributed by atoms with Gasteiger partial charge < -0.3 is 15.6 Å². The average molecular weight is 319 g/mol. The molecule has 0 saturated heterocycles. The molecule has 0 aliphatic rings. The second-order valence-electron chi connectivity index (χ2n) is 6.08. The number of nitrogens with two attached hydrogens (primary N) is 1. The topological polar surface area (TPSA) is 60.1 Å². The molecule has 0 aliphatic carbocycles. The van der Waals surface area contributed by atoms with Crippen molar-refractivity contribution in [1.29, 1.82) is 0 Å². The molecule has 1 heterocycles. The van der Waals surface area contributed by atoms with E-state index in [9.17, 15) is 4.79 Å². The molecule has 0 radical (unpaired) electrons. The van der Waals surface area contributed by atoms with E-state index >= 15 is 0 Å². The molecule has 0 aliphatic heterocycles. The van der Waals surface area contributed by atoms with E-state index < -0.39 is 5.54 Å². The highest BCUT2D eigenvalue weighted by atomic mass is 16.2. The Morgan fingerprint density at radius 1 is 1.04 bits per heavy atom. The van der Waals surface area contributed by atoms with Crippen LogP contribution >= 0.6 is 0 Å². The average Bonchev–Trinajstić information content (AvgIpc) is 3.03. The lowest BCUT2D eigenvalue weighted by molar-refractivity contribution is -0.120. The standard InChI is InChI=1S/C20H21N3O/c1-20(21,17-10-6-3-7-11-17)19(24)22-18-12-13-23(15-18)14-16-8-4-2-5-9-16/h2-13,15H,14,21H2,1H3,(H,22,24). The summed E-state index contributed by atoms with van der Waals surface area (Å²) in [6.45, 7) is 2.48. The van der Waals surface area contributed by atoms with Gasteiger partial charge in [0.05, 0.1) is 5.69 Å². The summed E-state index contributed by atoms with van der Waals surface area (Å²) in [5.74, 6) is -0.230. The Labute approximate surface area is 141 Å². The van der Waals surface area contributed by atoms with E-state index in [0.717, 1.165) is 17.8 Å². The maximum Gasteiger partial charge on any atom is 0.248 e. The first-order valence-electron chi connectivity index (χ1n) is 7.91. The number of nitrogens with one attached hydrogen (secondary N) is 1. The summed E-state index contributed by atoms with van der Waals surface area (Å²) in [5.41, 5.74) is 7.89. The van der Waals surface area contributed by atoms with Crippen molar-refractivity contribution in [2.24, 2.45) is 5.73 Å². The second kappa shape index (κ2) is 6.72. The number of benzene rings is 2. The van der Waals surface area contributed by atoms with Gasteiger partial charge in [0, 0.05) is 18.9 Å². The van der Waals surface area contributed by atoms with E-state index in [4.69, 9.17) is 5.73 Å². The van der Waals surface area contributed by atoms with Crippen molar-refractivity contribution in [2.75, 3.05) is 5.32 Å². The normalized spacial score (nSPS) is 13.2. The summed E-state index contributed by atoms with van der Waals surface area (Å²) in [4.78, 5) is 12.6. The lowest BCUT2D eigenvalue weighted by Crippen LogP contribution is -2.45. The Morgan fingerprint density at radius 2 is 1.67 bits per heavy atom. The zero-order valence-corrected chi connectivity index (χ0v) is 13.6. The molecule has 1 amide bonds. The zero-order chi connectivity index (χ0) is 17.0. The molecule has 3 aromatic rings. The molecule has 2 aromatic carbocycles. The Hall–Kier alpha value is -2.85. The first kappa shape index (κ1) is 16.0. The van der Waals surface area contributed by atoms with Gasteiger partial charge in [0.15, 0.2) is 0 Å². The zero-order valence-electron chi connectivity index (χ0n) is 13.6. The number of carbonyl (C=O) groups excluding carboxylic acids is 1. The Bertz CT molecular complexity index is 807. The summed E-state index contributed by atoms with van der Waals surface area (Å²) < 4.78 is 2.03. The Morgan fingerprint density at radius 3 is 2.33 bits per heavy atom. The van der Waals surface area contributed by atoms with Crippen LogP contribution in [0.2, 0.25) is 0 Å². The number of anilines is 1. The van der Waals surface area contributed by atoms with Crippen molar-refractivity contribution >= 4 is 11.6 Å². The van der Waals surface area contributed by atoms with E-state index in [-0.39, 0.29) is 5.91 Å². The summed E-state index contributed by atoms with van der Waals surface area (Å²) in [6.07, 6.45) is 3.85.